The standard InChI is InChI=1S/C14H18BrCl2NO3/c15-9-4-12(16)14(13(17)5-9)18-6-10(19)7-20-8-11-2-1-3-21-11/h4-5,10-11,18-19H,1-3,6-8H2. The second-order valence-electron chi connectivity index (χ2n) is 4.95. The van der Waals surface area contributed by atoms with Crippen LogP contribution < -0.4 is 5.32 Å². The molecule has 1 saturated heterocycles. The summed E-state index contributed by atoms with van der Waals surface area (Å²) in [6.07, 6.45) is 1.64. The molecule has 1 aliphatic heterocycles. The predicted molar refractivity (Wildman–Crippen MR) is 88.5 cm³/mol. The van der Waals surface area contributed by atoms with E-state index in [1.165, 1.54) is 0 Å². The van der Waals surface area contributed by atoms with E-state index in [9.17, 15) is 5.11 Å². The van der Waals surface area contributed by atoms with Gasteiger partial charge in [0.25, 0.3) is 0 Å². The molecule has 0 amide bonds. The van der Waals surface area contributed by atoms with Crippen LogP contribution in [0, 0.1) is 0 Å². The molecule has 0 bridgehead atoms. The minimum Gasteiger partial charge on any atom is -0.389 e. The molecule has 4 nitrogen and oxygen atoms in total. The first kappa shape index (κ1) is 17.3. The van der Waals surface area contributed by atoms with Crippen molar-refractivity contribution in [2.24, 2.45) is 0 Å². The molecule has 0 radical (unpaired) electrons. The Morgan fingerprint density at radius 1 is 1.43 bits per heavy atom. The van der Waals surface area contributed by atoms with Gasteiger partial charge in [-0.3, -0.25) is 0 Å². The summed E-state index contributed by atoms with van der Waals surface area (Å²) >= 11 is 15.5. The molecule has 0 aromatic heterocycles. The molecule has 0 aliphatic carbocycles. The van der Waals surface area contributed by atoms with Crippen LogP contribution in [-0.2, 0) is 9.47 Å². The molecule has 118 valence electrons. The maximum Gasteiger partial charge on any atom is 0.0945 e. The zero-order chi connectivity index (χ0) is 15.2. The third-order valence-corrected chi connectivity index (χ3v) is 4.21. The smallest absolute Gasteiger partial charge is 0.0945 e. The lowest BCUT2D eigenvalue weighted by Crippen LogP contribution is -2.27. The van der Waals surface area contributed by atoms with Gasteiger partial charge in [0, 0.05) is 17.6 Å². The molecule has 1 heterocycles. The summed E-state index contributed by atoms with van der Waals surface area (Å²) in [6.45, 7) is 1.89. The summed E-state index contributed by atoms with van der Waals surface area (Å²) in [4.78, 5) is 0. The van der Waals surface area contributed by atoms with Crippen LogP contribution >= 0.6 is 39.1 Å². The minimum absolute atomic E-state index is 0.167. The summed E-state index contributed by atoms with van der Waals surface area (Å²) in [5.74, 6) is 0. The molecule has 0 saturated carbocycles. The molecule has 7 heteroatoms. The van der Waals surface area contributed by atoms with Crippen LogP contribution in [0.1, 0.15) is 12.8 Å². The Labute approximate surface area is 142 Å². The van der Waals surface area contributed by atoms with E-state index >= 15 is 0 Å². The Morgan fingerprint density at radius 3 is 2.76 bits per heavy atom. The summed E-state index contributed by atoms with van der Waals surface area (Å²) in [5.41, 5.74) is 0.611. The van der Waals surface area contributed by atoms with E-state index in [0.717, 1.165) is 23.9 Å². The highest BCUT2D eigenvalue weighted by molar-refractivity contribution is 9.10. The lowest BCUT2D eigenvalue weighted by Gasteiger charge is -2.16. The lowest BCUT2D eigenvalue weighted by atomic mass is 10.2. The van der Waals surface area contributed by atoms with Crippen molar-refractivity contribution in [3.63, 3.8) is 0 Å². The van der Waals surface area contributed by atoms with Gasteiger partial charge in [-0.25, -0.2) is 0 Å². The van der Waals surface area contributed by atoms with Crippen molar-refractivity contribution >= 4 is 44.8 Å². The number of aliphatic hydroxyl groups excluding tert-OH is 1. The Hall–Kier alpha value is -0.0400. The van der Waals surface area contributed by atoms with Crippen molar-refractivity contribution in [3.8, 4) is 0 Å². The Morgan fingerprint density at radius 2 is 2.14 bits per heavy atom. The van der Waals surface area contributed by atoms with Crippen molar-refractivity contribution < 1.29 is 14.6 Å². The van der Waals surface area contributed by atoms with Crippen molar-refractivity contribution in [1.29, 1.82) is 0 Å². The molecule has 2 N–H and O–H groups in total. The van der Waals surface area contributed by atoms with E-state index in [2.05, 4.69) is 21.2 Å². The van der Waals surface area contributed by atoms with Crippen molar-refractivity contribution in [3.05, 3.63) is 26.7 Å². The molecule has 1 aliphatic rings. The van der Waals surface area contributed by atoms with Crippen molar-refractivity contribution in [2.75, 3.05) is 31.7 Å². The normalized spacial score (nSPS) is 19.7. The first-order chi connectivity index (χ1) is 10.1. The van der Waals surface area contributed by atoms with Gasteiger partial charge < -0.3 is 19.9 Å². The van der Waals surface area contributed by atoms with Gasteiger partial charge in [0.1, 0.15) is 0 Å². The van der Waals surface area contributed by atoms with Gasteiger partial charge >= 0.3 is 0 Å². The fourth-order valence-electron chi connectivity index (χ4n) is 2.10. The third kappa shape index (κ3) is 5.58. The molecule has 1 fully saturated rings. The first-order valence-corrected chi connectivity index (χ1v) is 8.37. The van der Waals surface area contributed by atoms with Crippen molar-refractivity contribution in [1.82, 2.24) is 0 Å². The molecule has 2 rings (SSSR count). The zero-order valence-electron chi connectivity index (χ0n) is 11.4. The highest BCUT2D eigenvalue weighted by Crippen LogP contribution is 2.33. The fraction of sp³-hybridized carbons (Fsp3) is 0.571. The van der Waals surface area contributed by atoms with E-state index < -0.39 is 6.10 Å². The van der Waals surface area contributed by atoms with E-state index in [-0.39, 0.29) is 12.7 Å². The number of aliphatic hydroxyl groups is 1. The van der Waals surface area contributed by atoms with Crippen LogP contribution in [0.4, 0.5) is 5.69 Å². The van der Waals surface area contributed by atoms with Crippen molar-refractivity contribution in [2.45, 2.75) is 25.0 Å². The molecular weight excluding hydrogens is 381 g/mol. The molecule has 2 unspecified atom stereocenters. The number of hydrogen-bond donors (Lipinski definition) is 2. The Bertz CT molecular complexity index is 447. The molecule has 1 aromatic rings. The van der Waals surface area contributed by atoms with E-state index in [1.807, 2.05) is 0 Å². The first-order valence-electron chi connectivity index (χ1n) is 6.82. The SMILES string of the molecule is OC(CNc1c(Cl)cc(Br)cc1Cl)COCC1CCCO1. The van der Waals surface area contributed by atoms with Crippen LogP contribution in [0.5, 0.6) is 0 Å². The summed E-state index contributed by atoms with van der Waals surface area (Å²) in [6, 6.07) is 3.49. The van der Waals surface area contributed by atoms with E-state index in [0.29, 0.717) is 28.9 Å². The lowest BCUT2D eigenvalue weighted by molar-refractivity contribution is -0.0137. The quantitative estimate of drug-likeness (QED) is 0.734. The topological polar surface area (TPSA) is 50.7 Å². The molecular formula is C14H18BrCl2NO3. The summed E-state index contributed by atoms with van der Waals surface area (Å²) in [5, 5.41) is 13.9. The van der Waals surface area contributed by atoms with Gasteiger partial charge in [0.05, 0.1) is 41.2 Å². The Kier molecular flexibility index (Phi) is 7.05. The van der Waals surface area contributed by atoms with Gasteiger partial charge in [-0.2, -0.15) is 0 Å². The molecule has 2 atom stereocenters. The third-order valence-electron chi connectivity index (χ3n) is 3.16. The second-order valence-corrected chi connectivity index (χ2v) is 6.68. The number of rotatable bonds is 7. The van der Waals surface area contributed by atoms with Gasteiger partial charge in [0.15, 0.2) is 0 Å². The van der Waals surface area contributed by atoms with Crippen LogP contribution in [0.25, 0.3) is 0 Å². The van der Waals surface area contributed by atoms with Crippen LogP contribution in [0.2, 0.25) is 10.0 Å². The van der Waals surface area contributed by atoms with Gasteiger partial charge in [0.2, 0.25) is 0 Å². The zero-order valence-corrected chi connectivity index (χ0v) is 14.5. The Balaban J connectivity index is 1.72. The number of ether oxygens (including phenoxy) is 2. The molecule has 1 aromatic carbocycles. The fourth-order valence-corrected chi connectivity index (χ4v) is 3.44. The number of halogens is 3. The number of nitrogens with one attached hydrogen (secondary N) is 1. The minimum atomic E-state index is -0.637. The van der Waals surface area contributed by atoms with Crippen LogP contribution in [0.15, 0.2) is 16.6 Å². The van der Waals surface area contributed by atoms with Gasteiger partial charge in [-0.05, 0) is 25.0 Å². The average molecular weight is 399 g/mol. The second kappa shape index (κ2) is 8.56. The summed E-state index contributed by atoms with van der Waals surface area (Å²) in [7, 11) is 0. The number of benzene rings is 1. The molecule has 0 spiro atoms. The largest absolute Gasteiger partial charge is 0.389 e. The van der Waals surface area contributed by atoms with E-state index in [1.54, 1.807) is 12.1 Å². The highest BCUT2D eigenvalue weighted by Gasteiger charge is 2.16. The maximum atomic E-state index is 9.90. The average Bonchev–Trinajstić information content (AvgIpc) is 2.90. The predicted octanol–water partition coefficient (Wildman–Crippen LogP) is 3.72. The summed E-state index contributed by atoms with van der Waals surface area (Å²) < 4.78 is 11.7. The number of hydrogen-bond acceptors (Lipinski definition) is 4. The van der Waals surface area contributed by atoms with Crippen LogP contribution in [-0.4, -0.2) is 43.7 Å². The van der Waals surface area contributed by atoms with E-state index in [4.69, 9.17) is 32.7 Å². The molecule has 21 heavy (non-hydrogen) atoms. The van der Waals surface area contributed by atoms with Crippen LogP contribution in [0.3, 0.4) is 0 Å². The highest BCUT2D eigenvalue weighted by atomic mass is 79.9. The van der Waals surface area contributed by atoms with Gasteiger partial charge in [-0.1, -0.05) is 39.1 Å². The number of anilines is 1. The monoisotopic (exact) mass is 397 g/mol. The van der Waals surface area contributed by atoms with Gasteiger partial charge in [-0.15, -0.1) is 0 Å². The maximum absolute atomic E-state index is 9.90.